The molecule has 0 aromatic heterocycles. The molecule has 5 aromatic rings. The van der Waals surface area contributed by atoms with Crippen molar-refractivity contribution < 1.29 is 9.53 Å². The molecule has 1 fully saturated rings. The number of thioether (sulfide) groups is 1. The molecule has 0 N–H and O–H groups in total. The number of aliphatic imine (C=N–C) groups is 1. The Morgan fingerprint density at radius 1 is 0.737 bits per heavy atom. The number of benzene rings is 5. The normalized spacial score (nSPS) is 15.5. The van der Waals surface area contributed by atoms with Gasteiger partial charge in [0.15, 0.2) is 5.17 Å². The lowest BCUT2D eigenvalue weighted by Gasteiger charge is -2.15. The minimum Gasteiger partial charge on any atom is -0.488 e. The van der Waals surface area contributed by atoms with E-state index < -0.39 is 0 Å². The number of amidine groups is 1. The van der Waals surface area contributed by atoms with Gasteiger partial charge in [0.2, 0.25) is 0 Å². The van der Waals surface area contributed by atoms with Crippen LogP contribution in [0.4, 0.5) is 11.4 Å². The van der Waals surface area contributed by atoms with Crippen LogP contribution in [-0.2, 0) is 11.4 Å². The van der Waals surface area contributed by atoms with Crippen LogP contribution < -0.4 is 9.64 Å². The van der Waals surface area contributed by atoms with Crippen LogP contribution in [0.25, 0.3) is 16.8 Å². The molecule has 0 saturated carbocycles. The molecule has 0 spiro atoms. The zero-order chi connectivity index (χ0) is 25.7. The Kier molecular flexibility index (Phi) is 6.75. The molecule has 1 aliphatic heterocycles. The van der Waals surface area contributed by atoms with Crippen molar-refractivity contribution in [2.75, 3.05) is 4.90 Å². The van der Waals surface area contributed by atoms with Crippen molar-refractivity contribution in [1.29, 1.82) is 0 Å². The van der Waals surface area contributed by atoms with Gasteiger partial charge in [-0.05, 0) is 64.5 Å². The van der Waals surface area contributed by atoms with Crippen LogP contribution >= 0.6 is 11.8 Å². The number of amides is 1. The van der Waals surface area contributed by atoms with E-state index in [1.54, 1.807) is 4.90 Å². The van der Waals surface area contributed by atoms with E-state index in [9.17, 15) is 4.79 Å². The fourth-order valence-corrected chi connectivity index (χ4v) is 5.40. The molecule has 1 saturated heterocycles. The first-order valence-corrected chi connectivity index (χ1v) is 13.2. The summed E-state index contributed by atoms with van der Waals surface area (Å²) < 4.78 is 6.30. The molecule has 6 rings (SSSR count). The number of fused-ring (bicyclic) bond motifs is 1. The predicted octanol–water partition coefficient (Wildman–Crippen LogP) is 8.23. The third-order valence-corrected chi connectivity index (χ3v) is 7.24. The fraction of sp³-hybridized carbons (Fsp3) is 0.0303. The molecule has 184 valence electrons. The second kappa shape index (κ2) is 10.8. The molecule has 1 heterocycles. The Balaban J connectivity index is 1.32. The maximum atomic E-state index is 13.7. The molecule has 5 aromatic carbocycles. The van der Waals surface area contributed by atoms with Crippen LogP contribution in [0.2, 0.25) is 0 Å². The number of carbonyl (C=O) groups is 1. The lowest BCUT2D eigenvalue weighted by Crippen LogP contribution is -2.28. The van der Waals surface area contributed by atoms with Gasteiger partial charge in [0.25, 0.3) is 5.91 Å². The summed E-state index contributed by atoms with van der Waals surface area (Å²) in [7, 11) is 0. The zero-order valence-corrected chi connectivity index (χ0v) is 21.3. The average Bonchev–Trinajstić information content (AvgIpc) is 3.27. The summed E-state index contributed by atoms with van der Waals surface area (Å²) in [6.07, 6.45) is 1.90. The van der Waals surface area contributed by atoms with E-state index in [0.717, 1.165) is 28.3 Å². The SMILES string of the molecule is O=C1/C(=C\c2ccccc2OCc2cccc3ccccc23)SC(=Nc2ccccc2)N1c1ccccc1. The Morgan fingerprint density at radius 3 is 2.26 bits per heavy atom. The molecule has 0 radical (unpaired) electrons. The van der Waals surface area contributed by atoms with Crippen molar-refractivity contribution in [1.82, 2.24) is 0 Å². The number of anilines is 1. The summed E-state index contributed by atoms with van der Waals surface area (Å²) in [5, 5.41) is 2.98. The summed E-state index contributed by atoms with van der Waals surface area (Å²) in [6, 6.07) is 41.7. The van der Waals surface area contributed by atoms with Crippen molar-refractivity contribution in [3.05, 3.63) is 143 Å². The van der Waals surface area contributed by atoms with E-state index in [1.165, 1.54) is 22.5 Å². The van der Waals surface area contributed by atoms with Gasteiger partial charge in [0.05, 0.1) is 16.3 Å². The number of ether oxygens (including phenoxy) is 1. The number of hydrogen-bond acceptors (Lipinski definition) is 4. The Morgan fingerprint density at radius 2 is 1.42 bits per heavy atom. The maximum absolute atomic E-state index is 13.7. The standard InChI is InChI=1S/C33H24N2O2S/c36-32-31(38-33(34-27-16-3-1-4-17-27)35(32)28-18-5-2-6-19-28)22-25-13-8-10-21-30(25)37-23-26-15-11-14-24-12-7-9-20-29(24)26/h1-22H,23H2/b31-22+,34-33?. The third-order valence-electron chi connectivity index (χ3n) is 6.27. The van der Waals surface area contributed by atoms with Crippen molar-refractivity contribution in [2.24, 2.45) is 4.99 Å². The van der Waals surface area contributed by atoms with Crippen LogP contribution in [0.3, 0.4) is 0 Å². The lowest BCUT2D eigenvalue weighted by atomic mass is 10.1. The Hall–Kier alpha value is -4.61. The van der Waals surface area contributed by atoms with Crippen molar-refractivity contribution in [3.8, 4) is 5.75 Å². The van der Waals surface area contributed by atoms with E-state index in [4.69, 9.17) is 9.73 Å². The predicted molar refractivity (Wildman–Crippen MR) is 158 cm³/mol. The van der Waals surface area contributed by atoms with Gasteiger partial charge in [-0.3, -0.25) is 9.69 Å². The molecule has 0 unspecified atom stereocenters. The van der Waals surface area contributed by atoms with Gasteiger partial charge in [-0.15, -0.1) is 0 Å². The summed E-state index contributed by atoms with van der Waals surface area (Å²) >= 11 is 1.37. The largest absolute Gasteiger partial charge is 0.488 e. The molecule has 0 atom stereocenters. The van der Waals surface area contributed by atoms with Crippen LogP contribution in [0, 0.1) is 0 Å². The third kappa shape index (κ3) is 4.97. The molecule has 0 bridgehead atoms. The van der Waals surface area contributed by atoms with E-state index >= 15 is 0 Å². The average molecular weight is 513 g/mol. The second-order valence-corrected chi connectivity index (χ2v) is 9.79. The van der Waals surface area contributed by atoms with Gasteiger partial charge < -0.3 is 4.74 Å². The summed E-state index contributed by atoms with van der Waals surface area (Å²) in [4.78, 5) is 20.7. The van der Waals surface area contributed by atoms with Crippen LogP contribution in [0.1, 0.15) is 11.1 Å². The maximum Gasteiger partial charge on any atom is 0.271 e. The molecule has 5 heteroatoms. The highest BCUT2D eigenvalue weighted by Gasteiger charge is 2.34. The van der Waals surface area contributed by atoms with Gasteiger partial charge in [-0.1, -0.05) is 97.1 Å². The first-order valence-electron chi connectivity index (χ1n) is 12.4. The minimum atomic E-state index is -0.111. The first-order chi connectivity index (χ1) is 18.8. The van der Waals surface area contributed by atoms with Gasteiger partial charge in [-0.2, -0.15) is 0 Å². The smallest absolute Gasteiger partial charge is 0.271 e. The molecule has 1 amide bonds. The number of nitrogens with zero attached hydrogens (tertiary/aromatic N) is 2. The number of para-hydroxylation sites is 3. The van der Waals surface area contributed by atoms with Crippen LogP contribution in [-0.4, -0.2) is 11.1 Å². The Labute approximate surface area is 225 Å². The number of carbonyl (C=O) groups excluding carboxylic acids is 1. The van der Waals surface area contributed by atoms with E-state index in [1.807, 2.05) is 103 Å². The highest BCUT2D eigenvalue weighted by Crippen LogP contribution is 2.38. The molecular weight excluding hydrogens is 488 g/mol. The zero-order valence-electron chi connectivity index (χ0n) is 20.5. The van der Waals surface area contributed by atoms with E-state index in [2.05, 4.69) is 30.3 Å². The number of rotatable bonds is 6. The van der Waals surface area contributed by atoms with Gasteiger partial charge >= 0.3 is 0 Å². The molecule has 4 nitrogen and oxygen atoms in total. The molecule has 0 aliphatic carbocycles. The highest BCUT2D eigenvalue weighted by atomic mass is 32.2. The van der Waals surface area contributed by atoms with Crippen LogP contribution in [0.5, 0.6) is 5.75 Å². The van der Waals surface area contributed by atoms with E-state index in [-0.39, 0.29) is 5.91 Å². The topological polar surface area (TPSA) is 41.9 Å². The van der Waals surface area contributed by atoms with Crippen molar-refractivity contribution in [2.45, 2.75) is 6.61 Å². The summed E-state index contributed by atoms with van der Waals surface area (Å²) in [5.41, 5.74) is 3.54. The molecular formula is C33H24N2O2S. The summed E-state index contributed by atoms with van der Waals surface area (Å²) in [6.45, 7) is 0.430. The van der Waals surface area contributed by atoms with Crippen LogP contribution in [0.15, 0.2) is 137 Å². The highest BCUT2D eigenvalue weighted by molar-refractivity contribution is 8.19. The quantitative estimate of drug-likeness (QED) is 0.215. The minimum absolute atomic E-state index is 0.111. The van der Waals surface area contributed by atoms with Crippen molar-refractivity contribution >= 4 is 51.1 Å². The lowest BCUT2D eigenvalue weighted by molar-refractivity contribution is -0.113. The van der Waals surface area contributed by atoms with Gasteiger partial charge in [0.1, 0.15) is 12.4 Å². The first kappa shape index (κ1) is 23.8. The van der Waals surface area contributed by atoms with Gasteiger partial charge in [-0.25, -0.2) is 4.99 Å². The number of hydrogen-bond donors (Lipinski definition) is 0. The van der Waals surface area contributed by atoms with Crippen molar-refractivity contribution in [3.63, 3.8) is 0 Å². The van der Waals surface area contributed by atoms with E-state index in [0.29, 0.717) is 16.7 Å². The molecule has 38 heavy (non-hydrogen) atoms. The summed E-state index contributed by atoms with van der Waals surface area (Å²) in [5.74, 6) is 0.612. The monoisotopic (exact) mass is 512 g/mol. The second-order valence-electron chi connectivity index (χ2n) is 8.78. The Bertz CT molecular complexity index is 1660. The van der Waals surface area contributed by atoms with Gasteiger partial charge in [0, 0.05) is 5.56 Å². The molecule has 1 aliphatic rings. The fourth-order valence-electron chi connectivity index (χ4n) is 4.41.